The highest BCUT2D eigenvalue weighted by molar-refractivity contribution is 5.42. The number of nitrogens with one attached hydrogen (secondary N) is 1. The summed E-state index contributed by atoms with van der Waals surface area (Å²) in [4.78, 5) is 5.11. The van der Waals surface area contributed by atoms with E-state index < -0.39 is 0 Å². The summed E-state index contributed by atoms with van der Waals surface area (Å²) in [5.41, 5.74) is 5.77. The molecule has 2 rings (SSSR count). The average Bonchev–Trinajstić information content (AvgIpc) is 2.51. The van der Waals surface area contributed by atoms with Crippen molar-refractivity contribution in [1.29, 1.82) is 0 Å². The smallest absolute Gasteiger partial charge is 0.124 e. The minimum atomic E-state index is 0.152. The third-order valence-corrected chi connectivity index (χ3v) is 3.41. The number of fused-ring (bicyclic) bond motifs is 1. The highest BCUT2D eigenvalue weighted by Gasteiger charge is 2.22. The number of hydrogen-bond acceptors (Lipinski definition) is 3. The van der Waals surface area contributed by atoms with Gasteiger partial charge in [-0.2, -0.15) is 5.48 Å². The van der Waals surface area contributed by atoms with Crippen molar-refractivity contribution in [2.75, 3.05) is 13.7 Å². The van der Waals surface area contributed by atoms with Gasteiger partial charge in [0.1, 0.15) is 5.75 Å². The molecule has 3 nitrogen and oxygen atoms in total. The molecule has 1 unspecified atom stereocenters. The van der Waals surface area contributed by atoms with E-state index in [1.54, 1.807) is 7.11 Å². The number of hydroxylamine groups is 1. The quantitative estimate of drug-likeness (QED) is 0.815. The summed E-state index contributed by atoms with van der Waals surface area (Å²) in [6.07, 6.45) is 2.08. The lowest BCUT2D eigenvalue weighted by Crippen LogP contribution is -2.20. The van der Waals surface area contributed by atoms with Crippen LogP contribution in [0, 0.1) is 0 Å². The first kappa shape index (κ1) is 13.4. The Labute approximate surface area is 109 Å². The SMILES string of the molecule is CONC1CCCOc2ccc(C(C)(C)C)cc21. The summed E-state index contributed by atoms with van der Waals surface area (Å²) in [6, 6.07) is 6.71. The van der Waals surface area contributed by atoms with Crippen LogP contribution < -0.4 is 10.2 Å². The van der Waals surface area contributed by atoms with E-state index in [-0.39, 0.29) is 11.5 Å². The molecule has 0 bridgehead atoms. The largest absolute Gasteiger partial charge is 0.493 e. The monoisotopic (exact) mass is 249 g/mol. The molecule has 0 aliphatic carbocycles. The maximum Gasteiger partial charge on any atom is 0.124 e. The summed E-state index contributed by atoms with van der Waals surface area (Å²) in [5, 5.41) is 0. The van der Waals surface area contributed by atoms with Crippen molar-refractivity contribution in [1.82, 2.24) is 5.48 Å². The van der Waals surface area contributed by atoms with Gasteiger partial charge in [-0.15, -0.1) is 0 Å². The van der Waals surface area contributed by atoms with Crippen LogP contribution in [0.3, 0.4) is 0 Å². The van der Waals surface area contributed by atoms with Crippen molar-refractivity contribution in [3.05, 3.63) is 29.3 Å². The summed E-state index contributed by atoms with van der Waals surface area (Å²) in [6.45, 7) is 7.46. The third-order valence-electron chi connectivity index (χ3n) is 3.41. The molecule has 0 amide bonds. The van der Waals surface area contributed by atoms with Crippen LogP contribution in [-0.2, 0) is 10.3 Å². The first-order valence-corrected chi connectivity index (χ1v) is 6.58. The van der Waals surface area contributed by atoms with Crippen molar-refractivity contribution in [2.24, 2.45) is 0 Å². The molecule has 1 aromatic carbocycles. The Kier molecular flexibility index (Phi) is 3.93. The molecule has 1 heterocycles. The zero-order chi connectivity index (χ0) is 13.2. The van der Waals surface area contributed by atoms with Crippen LogP contribution >= 0.6 is 0 Å². The number of hydrogen-bond donors (Lipinski definition) is 1. The zero-order valence-electron chi connectivity index (χ0n) is 11.7. The van der Waals surface area contributed by atoms with Crippen molar-refractivity contribution < 1.29 is 9.57 Å². The van der Waals surface area contributed by atoms with Gasteiger partial charge in [-0.25, -0.2) is 0 Å². The number of benzene rings is 1. The molecular formula is C15H23NO2. The van der Waals surface area contributed by atoms with E-state index in [2.05, 4.69) is 44.5 Å². The predicted octanol–water partition coefficient (Wildman–Crippen LogP) is 3.35. The van der Waals surface area contributed by atoms with Crippen molar-refractivity contribution >= 4 is 0 Å². The maximum absolute atomic E-state index is 5.80. The van der Waals surface area contributed by atoms with Gasteiger partial charge in [0.25, 0.3) is 0 Å². The van der Waals surface area contributed by atoms with Gasteiger partial charge in [0, 0.05) is 5.56 Å². The molecule has 18 heavy (non-hydrogen) atoms. The van der Waals surface area contributed by atoms with Crippen LogP contribution in [0.1, 0.15) is 50.8 Å². The van der Waals surface area contributed by atoms with Crippen LogP contribution in [0.4, 0.5) is 0 Å². The van der Waals surface area contributed by atoms with Gasteiger partial charge >= 0.3 is 0 Å². The van der Waals surface area contributed by atoms with Crippen LogP contribution in [-0.4, -0.2) is 13.7 Å². The Hall–Kier alpha value is -1.06. The number of ether oxygens (including phenoxy) is 1. The van der Waals surface area contributed by atoms with Gasteiger partial charge in [-0.1, -0.05) is 26.8 Å². The van der Waals surface area contributed by atoms with Crippen molar-refractivity contribution in [3.8, 4) is 5.75 Å². The van der Waals surface area contributed by atoms with Crippen molar-refractivity contribution in [2.45, 2.75) is 45.1 Å². The van der Waals surface area contributed by atoms with E-state index in [0.29, 0.717) is 0 Å². The fourth-order valence-corrected chi connectivity index (χ4v) is 2.31. The van der Waals surface area contributed by atoms with E-state index in [1.807, 2.05) is 0 Å². The van der Waals surface area contributed by atoms with Crippen molar-refractivity contribution in [3.63, 3.8) is 0 Å². The minimum Gasteiger partial charge on any atom is -0.493 e. The molecule has 1 N–H and O–H groups in total. The Balaban J connectivity index is 2.39. The molecular weight excluding hydrogens is 226 g/mol. The van der Waals surface area contributed by atoms with Gasteiger partial charge in [0.05, 0.1) is 19.8 Å². The summed E-state index contributed by atoms with van der Waals surface area (Å²) < 4.78 is 5.80. The molecule has 0 saturated carbocycles. The maximum atomic E-state index is 5.80. The molecule has 1 aliphatic heterocycles. The van der Waals surface area contributed by atoms with Gasteiger partial charge < -0.3 is 9.57 Å². The molecule has 0 radical (unpaired) electrons. The first-order chi connectivity index (χ1) is 8.52. The fourth-order valence-electron chi connectivity index (χ4n) is 2.31. The third kappa shape index (κ3) is 2.85. The molecule has 1 atom stereocenters. The minimum absolute atomic E-state index is 0.152. The molecule has 3 heteroatoms. The van der Waals surface area contributed by atoms with E-state index in [1.165, 1.54) is 11.1 Å². The van der Waals surface area contributed by atoms with E-state index >= 15 is 0 Å². The molecule has 1 aromatic rings. The van der Waals surface area contributed by atoms with Gasteiger partial charge in [-0.3, -0.25) is 0 Å². The van der Waals surface area contributed by atoms with E-state index in [0.717, 1.165) is 25.2 Å². The average molecular weight is 249 g/mol. The normalized spacial score (nSPS) is 19.9. The first-order valence-electron chi connectivity index (χ1n) is 6.58. The molecule has 0 spiro atoms. The van der Waals surface area contributed by atoms with Crippen LogP contribution in [0.5, 0.6) is 5.75 Å². The topological polar surface area (TPSA) is 30.5 Å². The van der Waals surface area contributed by atoms with Crippen LogP contribution in [0.25, 0.3) is 0 Å². The van der Waals surface area contributed by atoms with Gasteiger partial charge in [0.2, 0.25) is 0 Å². The molecule has 0 saturated heterocycles. The highest BCUT2D eigenvalue weighted by Crippen LogP contribution is 2.35. The second kappa shape index (κ2) is 5.29. The molecule has 0 fully saturated rings. The predicted molar refractivity (Wildman–Crippen MR) is 72.8 cm³/mol. The Morgan fingerprint density at radius 1 is 1.33 bits per heavy atom. The number of rotatable bonds is 2. The Morgan fingerprint density at radius 3 is 2.78 bits per heavy atom. The molecule has 1 aliphatic rings. The zero-order valence-corrected chi connectivity index (χ0v) is 11.7. The summed E-state index contributed by atoms with van der Waals surface area (Å²) >= 11 is 0. The fraction of sp³-hybridized carbons (Fsp3) is 0.600. The van der Waals surface area contributed by atoms with Crippen LogP contribution in [0.15, 0.2) is 18.2 Å². The van der Waals surface area contributed by atoms with E-state index in [9.17, 15) is 0 Å². The lowest BCUT2D eigenvalue weighted by molar-refractivity contribution is 0.0579. The highest BCUT2D eigenvalue weighted by atomic mass is 16.6. The van der Waals surface area contributed by atoms with Gasteiger partial charge in [0.15, 0.2) is 0 Å². The molecule has 0 aromatic heterocycles. The second-order valence-corrected chi connectivity index (χ2v) is 5.87. The Bertz CT molecular complexity index is 409. The Morgan fingerprint density at radius 2 is 2.11 bits per heavy atom. The van der Waals surface area contributed by atoms with E-state index in [4.69, 9.17) is 9.57 Å². The second-order valence-electron chi connectivity index (χ2n) is 5.87. The lowest BCUT2D eigenvalue weighted by Gasteiger charge is -2.23. The molecule has 100 valence electrons. The summed E-state index contributed by atoms with van der Waals surface area (Å²) in [7, 11) is 1.67. The standard InChI is InChI=1S/C15H23NO2/c1-15(2,3)11-7-8-14-12(10-11)13(16-17-4)6-5-9-18-14/h7-8,10,13,16H,5-6,9H2,1-4H3. The van der Waals surface area contributed by atoms with Gasteiger partial charge in [-0.05, 0) is 36.0 Å². The van der Waals surface area contributed by atoms with Crippen LogP contribution in [0.2, 0.25) is 0 Å². The lowest BCUT2D eigenvalue weighted by atomic mass is 9.85. The summed E-state index contributed by atoms with van der Waals surface area (Å²) in [5.74, 6) is 0.982.